The smallest absolute Gasteiger partial charge is 0.309 e. The molecule has 9 heteroatoms. The molecule has 2 heterocycles. The molecular weight excluding hydrogens is 426 g/mol. The van der Waals surface area contributed by atoms with Crippen molar-refractivity contribution in [3.05, 3.63) is 58.7 Å². The number of aliphatic carboxylic acids is 1. The molecule has 2 atom stereocenters. The minimum atomic E-state index is -3.63. The topological polar surface area (TPSA) is 92.5 Å². The summed E-state index contributed by atoms with van der Waals surface area (Å²) >= 11 is 6.18. The summed E-state index contributed by atoms with van der Waals surface area (Å²) in [5, 5.41) is 15.0. The Bertz CT molecular complexity index is 1220. The van der Waals surface area contributed by atoms with Crippen LogP contribution in [0.1, 0.15) is 24.2 Å². The van der Waals surface area contributed by atoms with Crippen LogP contribution in [0.2, 0.25) is 5.02 Å². The number of benzene rings is 2. The molecule has 1 aliphatic heterocycles. The minimum Gasteiger partial charge on any atom is -0.481 e. The second-order valence-corrected chi connectivity index (χ2v) is 10.2. The van der Waals surface area contributed by atoms with Gasteiger partial charge < -0.3 is 5.11 Å². The van der Waals surface area contributed by atoms with Crippen LogP contribution in [0.3, 0.4) is 0 Å². The zero-order chi connectivity index (χ0) is 21.6. The summed E-state index contributed by atoms with van der Waals surface area (Å²) in [5.41, 5.74) is 2.15. The van der Waals surface area contributed by atoms with Gasteiger partial charge in [-0.1, -0.05) is 36.2 Å². The first kappa shape index (κ1) is 20.8. The number of aromatic nitrogens is 2. The van der Waals surface area contributed by atoms with Crippen molar-refractivity contribution in [3.8, 4) is 0 Å². The number of fused-ring (bicyclic) bond motifs is 1. The van der Waals surface area contributed by atoms with Crippen LogP contribution in [0.25, 0.3) is 10.9 Å². The summed E-state index contributed by atoms with van der Waals surface area (Å²) < 4.78 is 29.5. The molecule has 3 aromatic rings. The predicted octanol–water partition coefficient (Wildman–Crippen LogP) is 3.51. The number of carbonyl (C=O) groups is 1. The Labute approximate surface area is 179 Å². The molecule has 0 radical (unpaired) electrons. The molecule has 1 aromatic heterocycles. The third-order valence-electron chi connectivity index (χ3n) is 5.58. The van der Waals surface area contributed by atoms with Gasteiger partial charge in [0.2, 0.25) is 10.0 Å². The SMILES string of the molecule is Cc1ccc(S(=O)(=O)N2C[C@@H](C)[C@@H](n3nc(CC(=O)O)c4ccc(Cl)cc43)C2)cc1. The van der Waals surface area contributed by atoms with Gasteiger partial charge >= 0.3 is 5.97 Å². The molecule has 30 heavy (non-hydrogen) atoms. The van der Waals surface area contributed by atoms with Crippen LogP contribution >= 0.6 is 11.6 Å². The largest absolute Gasteiger partial charge is 0.481 e. The van der Waals surface area contributed by atoms with Crippen LogP contribution in [-0.4, -0.2) is 46.7 Å². The molecule has 1 saturated heterocycles. The molecule has 4 rings (SSSR count). The molecule has 0 aliphatic carbocycles. The third-order valence-corrected chi connectivity index (χ3v) is 7.66. The van der Waals surface area contributed by atoms with Crippen molar-refractivity contribution in [2.24, 2.45) is 5.92 Å². The van der Waals surface area contributed by atoms with Crippen molar-refractivity contribution in [2.45, 2.75) is 31.2 Å². The maximum absolute atomic E-state index is 13.1. The summed E-state index contributed by atoms with van der Waals surface area (Å²) in [4.78, 5) is 11.5. The lowest BCUT2D eigenvalue weighted by Crippen LogP contribution is -2.29. The van der Waals surface area contributed by atoms with Gasteiger partial charge in [-0.05, 0) is 43.2 Å². The van der Waals surface area contributed by atoms with E-state index in [0.29, 0.717) is 28.2 Å². The van der Waals surface area contributed by atoms with E-state index in [4.69, 9.17) is 11.6 Å². The van der Waals surface area contributed by atoms with Gasteiger partial charge in [0.25, 0.3) is 0 Å². The van der Waals surface area contributed by atoms with E-state index in [2.05, 4.69) is 5.10 Å². The number of carboxylic acids is 1. The molecule has 1 fully saturated rings. The summed E-state index contributed by atoms with van der Waals surface area (Å²) in [6.45, 7) is 4.50. The second kappa shape index (κ2) is 7.68. The van der Waals surface area contributed by atoms with Crippen molar-refractivity contribution in [1.82, 2.24) is 14.1 Å². The molecular formula is C21H22ClN3O4S. The van der Waals surface area contributed by atoms with Crippen LogP contribution in [-0.2, 0) is 21.2 Å². The van der Waals surface area contributed by atoms with Crippen molar-refractivity contribution in [1.29, 1.82) is 0 Å². The Kier molecular flexibility index (Phi) is 5.34. The summed E-state index contributed by atoms with van der Waals surface area (Å²) in [6.07, 6.45) is -0.211. The Balaban J connectivity index is 1.72. The van der Waals surface area contributed by atoms with Crippen LogP contribution in [0.15, 0.2) is 47.4 Å². The summed E-state index contributed by atoms with van der Waals surface area (Å²) in [7, 11) is -3.63. The fourth-order valence-electron chi connectivity index (χ4n) is 3.98. The third kappa shape index (κ3) is 3.71. The molecule has 0 bridgehead atoms. The van der Waals surface area contributed by atoms with E-state index < -0.39 is 16.0 Å². The molecule has 1 aliphatic rings. The molecule has 158 valence electrons. The molecule has 0 saturated carbocycles. The first-order valence-corrected chi connectivity index (χ1v) is 11.4. The molecule has 2 aromatic carbocycles. The van der Waals surface area contributed by atoms with Crippen molar-refractivity contribution >= 4 is 38.5 Å². The zero-order valence-electron chi connectivity index (χ0n) is 16.6. The highest BCUT2D eigenvalue weighted by Gasteiger charge is 2.39. The Morgan fingerprint density at radius 3 is 2.57 bits per heavy atom. The normalized spacial score (nSPS) is 20.1. The van der Waals surface area contributed by atoms with E-state index in [1.165, 1.54) is 4.31 Å². The molecule has 1 N–H and O–H groups in total. The maximum Gasteiger partial charge on any atom is 0.309 e. The average Bonchev–Trinajstić information content (AvgIpc) is 3.22. The lowest BCUT2D eigenvalue weighted by atomic mass is 10.1. The lowest BCUT2D eigenvalue weighted by Gasteiger charge is -2.18. The predicted molar refractivity (Wildman–Crippen MR) is 114 cm³/mol. The molecule has 0 amide bonds. The van der Waals surface area contributed by atoms with E-state index in [0.717, 1.165) is 5.56 Å². The molecule has 7 nitrogen and oxygen atoms in total. The number of rotatable bonds is 5. The number of aryl methyl sites for hydroxylation is 1. The fraction of sp³-hybridized carbons (Fsp3) is 0.333. The number of carboxylic acid groups (broad SMARTS) is 1. The van der Waals surface area contributed by atoms with E-state index >= 15 is 0 Å². The van der Waals surface area contributed by atoms with Gasteiger partial charge in [0, 0.05) is 23.5 Å². The quantitative estimate of drug-likeness (QED) is 0.646. The van der Waals surface area contributed by atoms with Crippen molar-refractivity contribution in [2.75, 3.05) is 13.1 Å². The van der Waals surface area contributed by atoms with E-state index in [1.54, 1.807) is 47.1 Å². The summed E-state index contributed by atoms with van der Waals surface area (Å²) in [6, 6.07) is 11.8. The van der Waals surface area contributed by atoms with Crippen LogP contribution in [0.5, 0.6) is 0 Å². The second-order valence-electron chi connectivity index (χ2n) is 7.80. The number of halogens is 1. The lowest BCUT2D eigenvalue weighted by molar-refractivity contribution is -0.136. The van der Waals surface area contributed by atoms with Crippen molar-refractivity contribution < 1.29 is 18.3 Å². The van der Waals surface area contributed by atoms with Gasteiger partial charge in [0.15, 0.2) is 0 Å². The fourth-order valence-corrected chi connectivity index (χ4v) is 5.71. The first-order valence-electron chi connectivity index (χ1n) is 9.62. The number of nitrogens with zero attached hydrogens (tertiary/aromatic N) is 3. The highest BCUT2D eigenvalue weighted by Crippen LogP contribution is 2.35. The van der Waals surface area contributed by atoms with Crippen LogP contribution < -0.4 is 0 Å². The van der Waals surface area contributed by atoms with Gasteiger partial charge in [0.1, 0.15) is 0 Å². The Morgan fingerprint density at radius 2 is 1.90 bits per heavy atom. The number of hydrogen-bond donors (Lipinski definition) is 1. The highest BCUT2D eigenvalue weighted by atomic mass is 35.5. The Hall–Kier alpha value is -2.42. The zero-order valence-corrected chi connectivity index (χ0v) is 18.2. The maximum atomic E-state index is 13.1. The summed E-state index contributed by atoms with van der Waals surface area (Å²) in [5.74, 6) is -0.982. The van der Waals surface area contributed by atoms with Gasteiger partial charge in [-0.2, -0.15) is 9.40 Å². The van der Waals surface area contributed by atoms with E-state index in [1.807, 2.05) is 13.8 Å². The Morgan fingerprint density at radius 1 is 1.20 bits per heavy atom. The first-order chi connectivity index (χ1) is 14.2. The highest BCUT2D eigenvalue weighted by molar-refractivity contribution is 7.89. The van der Waals surface area contributed by atoms with E-state index in [9.17, 15) is 18.3 Å². The van der Waals surface area contributed by atoms with Gasteiger partial charge in [0.05, 0.1) is 28.6 Å². The van der Waals surface area contributed by atoms with Gasteiger partial charge in [-0.25, -0.2) is 8.42 Å². The standard InChI is InChI=1S/C21H22ClN3O4S/c1-13-3-6-16(7-4-13)30(28,29)24-11-14(2)20(12-24)25-19-9-15(22)5-8-17(19)18(23-25)10-21(26)27/h3-9,14,20H,10-12H2,1-2H3,(H,26,27)/t14-,20+/m1/s1. The van der Waals surface area contributed by atoms with Crippen molar-refractivity contribution in [3.63, 3.8) is 0 Å². The number of hydrogen-bond acceptors (Lipinski definition) is 4. The number of sulfonamides is 1. The minimum absolute atomic E-state index is 0.00927. The van der Waals surface area contributed by atoms with Crippen LogP contribution in [0.4, 0.5) is 0 Å². The molecule has 0 spiro atoms. The molecule has 0 unspecified atom stereocenters. The van der Waals surface area contributed by atoms with E-state index in [-0.39, 0.29) is 29.8 Å². The van der Waals surface area contributed by atoms with Gasteiger partial charge in [-0.3, -0.25) is 9.48 Å². The van der Waals surface area contributed by atoms with Crippen LogP contribution in [0, 0.1) is 12.8 Å². The average molecular weight is 448 g/mol. The monoisotopic (exact) mass is 447 g/mol. The van der Waals surface area contributed by atoms with Gasteiger partial charge in [-0.15, -0.1) is 0 Å².